The van der Waals surface area contributed by atoms with Gasteiger partial charge in [-0.1, -0.05) is 140 Å². The molecule has 4 heteroatoms. The van der Waals surface area contributed by atoms with Gasteiger partial charge in [0.05, 0.1) is 0 Å². The van der Waals surface area contributed by atoms with Gasteiger partial charge in [0.1, 0.15) is 11.2 Å². The quantitative estimate of drug-likeness (QED) is 0.183. The number of rotatable bonds is 5. The normalized spacial score (nSPS) is 13.9. The zero-order valence-corrected chi connectivity index (χ0v) is 28.6. The molecular formula is C48H33N3O. The standard InChI is InChI=1S/C48H33N3O/c1-30-13-12-18-34-27-33(23-24-36(30)34)35-28-42(45-41-21-10-11-22-43(41)52-44(45)29-35)48-50-46(32-16-6-3-7-17-32)49-47(51-48)40-26-25-37(31-14-4-2-5-15-31)38-19-8-9-20-39(38)40/h2-12,14-30H,13H2,1H3. The van der Waals surface area contributed by atoms with Crippen LogP contribution in [0.4, 0.5) is 0 Å². The largest absolute Gasteiger partial charge is 0.456 e. The van der Waals surface area contributed by atoms with E-state index >= 15 is 0 Å². The van der Waals surface area contributed by atoms with Crippen LogP contribution in [-0.2, 0) is 0 Å². The van der Waals surface area contributed by atoms with E-state index in [1.807, 2.05) is 30.3 Å². The summed E-state index contributed by atoms with van der Waals surface area (Å²) in [6.45, 7) is 2.29. The fourth-order valence-corrected chi connectivity index (χ4v) is 7.77. The number of furan rings is 1. The highest BCUT2D eigenvalue weighted by Gasteiger charge is 2.21. The molecule has 0 spiro atoms. The fourth-order valence-electron chi connectivity index (χ4n) is 7.77. The summed E-state index contributed by atoms with van der Waals surface area (Å²) in [5.74, 6) is 2.35. The van der Waals surface area contributed by atoms with Crippen molar-refractivity contribution in [3.05, 3.63) is 169 Å². The molecule has 2 aromatic heterocycles. The lowest BCUT2D eigenvalue weighted by molar-refractivity contribution is 0.669. The molecule has 52 heavy (non-hydrogen) atoms. The van der Waals surface area contributed by atoms with Gasteiger partial charge in [-0.15, -0.1) is 0 Å². The third kappa shape index (κ3) is 5.11. The molecule has 0 radical (unpaired) electrons. The van der Waals surface area contributed by atoms with Gasteiger partial charge in [-0.3, -0.25) is 0 Å². The fraction of sp³-hybridized carbons (Fsp3) is 0.0625. The van der Waals surface area contributed by atoms with Gasteiger partial charge in [-0.05, 0) is 86.8 Å². The van der Waals surface area contributed by atoms with E-state index in [0.717, 1.165) is 66.9 Å². The first-order valence-corrected chi connectivity index (χ1v) is 17.8. The Morgan fingerprint density at radius 1 is 0.481 bits per heavy atom. The molecule has 1 unspecified atom stereocenters. The van der Waals surface area contributed by atoms with E-state index in [9.17, 15) is 0 Å². The van der Waals surface area contributed by atoms with Gasteiger partial charge in [0.2, 0.25) is 0 Å². The van der Waals surface area contributed by atoms with E-state index in [0.29, 0.717) is 23.4 Å². The van der Waals surface area contributed by atoms with Gasteiger partial charge < -0.3 is 4.42 Å². The molecule has 0 aliphatic heterocycles. The van der Waals surface area contributed by atoms with Crippen LogP contribution in [0.1, 0.15) is 30.4 Å². The Balaban J connectivity index is 1.24. The van der Waals surface area contributed by atoms with Gasteiger partial charge in [0.15, 0.2) is 17.5 Å². The second-order valence-corrected chi connectivity index (χ2v) is 13.6. The maximum absolute atomic E-state index is 6.56. The van der Waals surface area contributed by atoms with Crippen LogP contribution in [0.2, 0.25) is 0 Å². The third-order valence-corrected chi connectivity index (χ3v) is 10.4. The number of hydrogen-bond donors (Lipinski definition) is 0. The van der Waals surface area contributed by atoms with E-state index in [2.05, 4.69) is 140 Å². The summed E-state index contributed by atoms with van der Waals surface area (Å²) in [6, 6.07) is 53.0. The van der Waals surface area contributed by atoms with E-state index < -0.39 is 0 Å². The molecule has 0 saturated heterocycles. The third-order valence-electron chi connectivity index (χ3n) is 10.4. The van der Waals surface area contributed by atoms with Crippen LogP contribution in [0.15, 0.2) is 162 Å². The van der Waals surface area contributed by atoms with Crippen molar-refractivity contribution in [2.24, 2.45) is 0 Å². The molecule has 1 atom stereocenters. The first-order valence-electron chi connectivity index (χ1n) is 17.8. The van der Waals surface area contributed by atoms with Gasteiger partial charge >= 0.3 is 0 Å². The van der Waals surface area contributed by atoms with Crippen molar-refractivity contribution in [2.45, 2.75) is 19.3 Å². The molecule has 0 fully saturated rings. The lowest BCUT2D eigenvalue weighted by Crippen LogP contribution is -2.01. The predicted octanol–water partition coefficient (Wildman–Crippen LogP) is 12.8. The Morgan fingerprint density at radius 3 is 1.90 bits per heavy atom. The second kappa shape index (κ2) is 12.3. The molecule has 0 N–H and O–H groups in total. The first-order chi connectivity index (χ1) is 25.7. The van der Waals surface area contributed by atoms with Crippen molar-refractivity contribution < 1.29 is 4.42 Å². The van der Waals surface area contributed by atoms with Crippen LogP contribution in [0, 0.1) is 0 Å². The smallest absolute Gasteiger partial charge is 0.164 e. The summed E-state index contributed by atoms with van der Waals surface area (Å²) < 4.78 is 6.56. The molecule has 2 heterocycles. The molecule has 4 nitrogen and oxygen atoms in total. The zero-order chi connectivity index (χ0) is 34.6. The minimum Gasteiger partial charge on any atom is -0.456 e. The maximum Gasteiger partial charge on any atom is 0.164 e. The number of para-hydroxylation sites is 1. The summed E-state index contributed by atoms with van der Waals surface area (Å²) in [7, 11) is 0. The summed E-state index contributed by atoms with van der Waals surface area (Å²) >= 11 is 0. The number of nitrogens with zero attached hydrogens (tertiary/aromatic N) is 3. The lowest BCUT2D eigenvalue weighted by atomic mass is 9.86. The predicted molar refractivity (Wildman–Crippen MR) is 214 cm³/mol. The highest BCUT2D eigenvalue weighted by atomic mass is 16.3. The molecule has 1 aliphatic carbocycles. The summed E-state index contributed by atoms with van der Waals surface area (Å²) in [5.41, 5.74) is 11.6. The van der Waals surface area contributed by atoms with Crippen LogP contribution >= 0.6 is 0 Å². The number of aromatic nitrogens is 3. The zero-order valence-electron chi connectivity index (χ0n) is 28.6. The molecule has 246 valence electrons. The first kappa shape index (κ1) is 30.2. The molecule has 0 saturated carbocycles. The average Bonchev–Trinajstić information content (AvgIpc) is 3.59. The number of benzene rings is 7. The monoisotopic (exact) mass is 667 g/mol. The summed E-state index contributed by atoms with van der Waals surface area (Å²) in [6.07, 6.45) is 5.59. The van der Waals surface area contributed by atoms with Crippen LogP contribution in [-0.4, -0.2) is 15.0 Å². The van der Waals surface area contributed by atoms with Crippen molar-refractivity contribution in [2.75, 3.05) is 0 Å². The van der Waals surface area contributed by atoms with Crippen LogP contribution in [0.25, 0.3) is 95.2 Å². The van der Waals surface area contributed by atoms with Gasteiger partial charge in [0, 0.05) is 27.5 Å². The van der Waals surface area contributed by atoms with Gasteiger partial charge in [0.25, 0.3) is 0 Å². The highest BCUT2D eigenvalue weighted by Crippen LogP contribution is 2.42. The Hall–Kier alpha value is -6.65. The highest BCUT2D eigenvalue weighted by molar-refractivity contribution is 6.13. The van der Waals surface area contributed by atoms with E-state index in [1.165, 1.54) is 22.3 Å². The van der Waals surface area contributed by atoms with Crippen molar-refractivity contribution in [1.82, 2.24) is 15.0 Å². The average molecular weight is 668 g/mol. The van der Waals surface area contributed by atoms with Crippen molar-refractivity contribution in [1.29, 1.82) is 0 Å². The van der Waals surface area contributed by atoms with Gasteiger partial charge in [-0.2, -0.15) is 0 Å². The van der Waals surface area contributed by atoms with Gasteiger partial charge in [-0.25, -0.2) is 15.0 Å². The van der Waals surface area contributed by atoms with Crippen molar-refractivity contribution in [3.63, 3.8) is 0 Å². The van der Waals surface area contributed by atoms with Crippen molar-refractivity contribution in [3.8, 4) is 56.4 Å². The Bertz CT molecular complexity index is 2840. The molecule has 1 aliphatic rings. The number of fused-ring (bicyclic) bond motifs is 5. The minimum atomic E-state index is 0.500. The van der Waals surface area contributed by atoms with Crippen LogP contribution in [0.3, 0.4) is 0 Å². The van der Waals surface area contributed by atoms with E-state index in [-0.39, 0.29) is 0 Å². The van der Waals surface area contributed by atoms with Crippen molar-refractivity contribution >= 4 is 38.8 Å². The molecule has 10 rings (SSSR count). The second-order valence-electron chi connectivity index (χ2n) is 13.6. The van der Waals surface area contributed by atoms with Crippen LogP contribution in [0.5, 0.6) is 0 Å². The molecular weight excluding hydrogens is 635 g/mol. The number of hydrogen-bond acceptors (Lipinski definition) is 4. The summed E-state index contributed by atoms with van der Waals surface area (Å²) in [4.78, 5) is 15.7. The summed E-state index contributed by atoms with van der Waals surface area (Å²) in [5, 5.41) is 4.26. The molecule has 0 amide bonds. The molecule has 7 aromatic carbocycles. The SMILES string of the molecule is CC1CC=Cc2cc(-c3cc(-c4nc(-c5ccccc5)nc(-c5ccc(-c6ccccc6)c6ccccc56)n4)c4c(c3)oc3ccccc34)ccc21. The van der Waals surface area contributed by atoms with E-state index in [1.54, 1.807) is 0 Å². The lowest BCUT2D eigenvalue weighted by Gasteiger charge is -2.19. The Kier molecular flexibility index (Phi) is 7.14. The molecule has 0 bridgehead atoms. The Labute approximate surface area is 301 Å². The Morgan fingerprint density at radius 2 is 1.12 bits per heavy atom. The number of allylic oxidation sites excluding steroid dienone is 1. The van der Waals surface area contributed by atoms with E-state index in [4.69, 9.17) is 19.4 Å². The molecule has 9 aromatic rings. The minimum absolute atomic E-state index is 0.500. The van der Waals surface area contributed by atoms with Crippen LogP contribution < -0.4 is 0 Å². The topological polar surface area (TPSA) is 51.8 Å². The maximum atomic E-state index is 6.56.